The summed E-state index contributed by atoms with van der Waals surface area (Å²) in [5, 5.41) is 7.43. The predicted octanol–water partition coefficient (Wildman–Crippen LogP) is 5.16. The van der Waals surface area contributed by atoms with Gasteiger partial charge in [-0.25, -0.2) is 0 Å². The minimum Gasteiger partial charge on any atom is -0.497 e. The second-order valence-corrected chi connectivity index (χ2v) is 6.08. The molecule has 6 heteroatoms. The fraction of sp³-hybridized carbons (Fsp3) is 0.0909. The monoisotopic (exact) mass is 373 g/mol. The highest BCUT2D eigenvalue weighted by Crippen LogP contribution is 2.26. The van der Waals surface area contributed by atoms with Crippen molar-refractivity contribution in [1.29, 1.82) is 0 Å². The average Bonchev–Trinajstić information content (AvgIpc) is 3.25. The van der Waals surface area contributed by atoms with Crippen molar-refractivity contribution < 1.29 is 14.0 Å². The van der Waals surface area contributed by atoms with Crippen molar-refractivity contribution in [3.8, 4) is 34.3 Å². The van der Waals surface area contributed by atoms with E-state index < -0.39 is 0 Å². The van der Waals surface area contributed by atoms with Gasteiger partial charge in [-0.1, -0.05) is 5.16 Å². The van der Waals surface area contributed by atoms with Crippen LogP contribution in [-0.4, -0.2) is 24.4 Å². The molecule has 1 aromatic heterocycles. The summed E-state index contributed by atoms with van der Waals surface area (Å²) in [6.45, 7) is 0. The maximum atomic E-state index is 5.40. The molecule has 0 aliphatic carbocycles. The normalized spacial score (nSPS) is 10.5. The van der Waals surface area contributed by atoms with E-state index in [0.29, 0.717) is 11.7 Å². The Morgan fingerprint density at radius 2 is 1.18 bits per heavy atom. The van der Waals surface area contributed by atoms with Gasteiger partial charge in [0.15, 0.2) is 0 Å². The van der Waals surface area contributed by atoms with Gasteiger partial charge in [-0.2, -0.15) is 4.98 Å². The number of hydrogen-bond acceptors (Lipinski definition) is 6. The molecule has 0 amide bonds. The van der Waals surface area contributed by atoms with E-state index in [-0.39, 0.29) is 0 Å². The summed E-state index contributed by atoms with van der Waals surface area (Å²) in [4.78, 5) is 4.49. The third-order valence-electron chi connectivity index (χ3n) is 4.28. The van der Waals surface area contributed by atoms with Gasteiger partial charge in [0.1, 0.15) is 11.5 Å². The number of anilines is 2. The summed E-state index contributed by atoms with van der Waals surface area (Å²) < 4.78 is 15.7. The maximum Gasteiger partial charge on any atom is 0.258 e. The van der Waals surface area contributed by atoms with Crippen molar-refractivity contribution in [2.45, 2.75) is 0 Å². The molecule has 140 valence electrons. The Morgan fingerprint density at radius 3 is 1.75 bits per heavy atom. The van der Waals surface area contributed by atoms with Crippen LogP contribution in [0.3, 0.4) is 0 Å². The highest BCUT2D eigenvalue weighted by atomic mass is 16.5. The number of nitrogens with one attached hydrogen (secondary N) is 1. The van der Waals surface area contributed by atoms with E-state index in [9.17, 15) is 0 Å². The number of ether oxygens (including phenoxy) is 2. The van der Waals surface area contributed by atoms with Crippen LogP contribution in [-0.2, 0) is 0 Å². The molecule has 0 saturated carbocycles. The number of methoxy groups -OCH3 is 2. The molecule has 0 atom stereocenters. The predicted molar refractivity (Wildman–Crippen MR) is 108 cm³/mol. The number of hydrogen-bond donors (Lipinski definition) is 1. The molecule has 6 nitrogen and oxygen atoms in total. The van der Waals surface area contributed by atoms with E-state index in [4.69, 9.17) is 14.0 Å². The Hall–Kier alpha value is -3.80. The van der Waals surface area contributed by atoms with Crippen molar-refractivity contribution in [1.82, 2.24) is 10.1 Å². The lowest BCUT2D eigenvalue weighted by atomic mass is 10.2. The first-order valence-electron chi connectivity index (χ1n) is 8.75. The molecule has 3 aromatic carbocycles. The molecule has 4 aromatic rings. The third kappa shape index (κ3) is 3.81. The summed E-state index contributed by atoms with van der Waals surface area (Å²) in [5.74, 6) is 2.62. The molecule has 1 heterocycles. The van der Waals surface area contributed by atoms with Crippen molar-refractivity contribution >= 4 is 11.4 Å². The molecule has 0 spiro atoms. The van der Waals surface area contributed by atoms with Gasteiger partial charge >= 0.3 is 0 Å². The van der Waals surface area contributed by atoms with Crippen LogP contribution in [0.4, 0.5) is 11.4 Å². The van der Waals surface area contributed by atoms with Crippen LogP contribution in [0.5, 0.6) is 11.5 Å². The second-order valence-electron chi connectivity index (χ2n) is 6.08. The molecule has 0 aliphatic rings. The molecule has 0 fully saturated rings. The zero-order chi connectivity index (χ0) is 19.3. The van der Waals surface area contributed by atoms with Gasteiger partial charge in [-0.15, -0.1) is 0 Å². The first kappa shape index (κ1) is 17.6. The molecular formula is C22H19N3O3. The molecule has 4 rings (SSSR count). The van der Waals surface area contributed by atoms with Gasteiger partial charge in [0.2, 0.25) is 5.82 Å². The van der Waals surface area contributed by atoms with E-state index in [0.717, 1.165) is 34.0 Å². The summed E-state index contributed by atoms with van der Waals surface area (Å²) >= 11 is 0. The van der Waals surface area contributed by atoms with Gasteiger partial charge in [0, 0.05) is 22.5 Å². The molecule has 0 saturated heterocycles. The standard InChI is InChI=1S/C22H19N3O3/c1-26-19-11-5-16(6-12-19)22-24-21(25-28-22)15-3-7-17(8-4-15)23-18-9-13-20(27-2)14-10-18/h3-14,23H,1-2H3. The molecule has 1 N–H and O–H groups in total. The number of rotatable bonds is 6. The lowest BCUT2D eigenvalue weighted by Gasteiger charge is -2.07. The van der Waals surface area contributed by atoms with E-state index in [2.05, 4.69) is 15.5 Å². The fourth-order valence-corrected chi connectivity index (χ4v) is 2.74. The SMILES string of the molecule is COc1ccc(Nc2ccc(-c3noc(-c4ccc(OC)cc4)n3)cc2)cc1. The van der Waals surface area contributed by atoms with E-state index in [1.54, 1.807) is 14.2 Å². The van der Waals surface area contributed by atoms with Crippen molar-refractivity contribution in [3.63, 3.8) is 0 Å². The van der Waals surface area contributed by atoms with Crippen molar-refractivity contribution in [2.75, 3.05) is 19.5 Å². The van der Waals surface area contributed by atoms with E-state index in [1.807, 2.05) is 72.8 Å². The molecule has 0 bridgehead atoms. The van der Waals surface area contributed by atoms with Crippen LogP contribution < -0.4 is 14.8 Å². The van der Waals surface area contributed by atoms with E-state index in [1.165, 1.54) is 0 Å². The highest BCUT2D eigenvalue weighted by molar-refractivity contribution is 5.66. The average molecular weight is 373 g/mol. The van der Waals surface area contributed by atoms with Gasteiger partial charge in [0.05, 0.1) is 14.2 Å². The third-order valence-corrected chi connectivity index (χ3v) is 4.28. The summed E-state index contributed by atoms with van der Waals surface area (Å²) in [5.41, 5.74) is 3.67. The maximum absolute atomic E-state index is 5.40. The topological polar surface area (TPSA) is 69.4 Å². The molecule has 0 radical (unpaired) electrons. The number of aromatic nitrogens is 2. The molecule has 0 aliphatic heterocycles. The Balaban J connectivity index is 1.48. The largest absolute Gasteiger partial charge is 0.497 e. The van der Waals surface area contributed by atoms with Gasteiger partial charge in [0.25, 0.3) is 5.89 Å². The minimum absolute atomic E-state index is 0.470. The number of nitrogens with zero attached hydrogens (tertiary/aromatic N) is 2. The first-order chi connectivity index (χ1) is 13.7. The molecule has 0 unspecified atom stereocenters. The summed E-state index contributed by atoms with van der Waals surface area (Å²) in [6, 6.07) is 23.1. The zero-order valence-corrected chi connectivity index (χ0v) is 15.5. The van der Waals surface area contributed by atoms with Crippen LogP contribution in [0.15, 0.2) is 77.3 Å². The van der Waals surface area contributed by atoms with Crippen molar-refractivity contribution in [3.05, 3.63) is 72.8 Å². The van der Waals surface area contributed by atoms with Crippen LogP contribution in [0.2, 0.25) is 0 Å². The summed E-state index contributed by atoms with van der Waals surface area (Å²) in [7, 11) is 3.28. The molecule has 28 heavy (non-hydrogen) atoms. The van der Waals surface area contributed by atoms with E-state index >= 15 is 0 Å². The Bertz CT molecular complexity index is 1040. The van der Waals surface area contributed by atoms with Crippen LogP contribution >= 0.6 is 0 Å². The first-order valence-corrected chi connectivity index (χ1v) is 8.75. The lowest BCUT2D eigenvalue weighted by Crippen LogP contribution is -1.91. The van der Waals surface area contributed by atoms with Crippen LogP contribution in [0.1, 0.15) is 0 Å². The van der Waals surface area contributed by atoms with Crippen molar-refractivity contribution in [2.24, 2.45) is 0 Å². The second kappa shape index (κ2) is 7.84. The van der Waals surface area contributed by atoms with Gasteiger partial charge in [-0.3, -0.25) is 0 Å². The molecular weight excluding hydrogens is 354 g/mol. The Morgan fingerprint density at radius 1 is 0.679 bits per heavy atom. The Kier molecular flexibility index (Phi) is 4.93. The fourth-order valence-electron chi connectivity index (χ4n) is 2.74. The van der Waals surface area contributed by atoms with Gasteiger partial charge < -0.3 is 19.3 Å². The van der Waals surface area contributed by atoms with Gasteiger partial charge in [-0.05, 0) is 72.8 Å². The Labute approximate surface area is 162 Å². The van der Waals surface area contributed by atoms with Crippen LogP contribution in [0.25, 0.3) is 22.8 Å². The lowest BCUT2D eigenvalue weighted by molar-refractivity contribution is 0.414. The highest BCUT2D eigenvalue weighted by Gasteiger charge is 2.11. The minimum atomic E-state index is 0.470. The van der Waals surface area contributed by atoms with Crippen LogP contribution in [0, 0.1) is 0 Å². The number of benzene rings is 3. The zero-order valence-electron chi connectivity index (χ0n) is 15.5. The smallest absolute Gasteiger partial charge is 0.258 e. The quantitative estimate of drug-likeness (QED) is 0.503. The summed E-state index contributed by atoms with van der Waals surface area (Å²) in [6.07, 6.45) is 0.